The minimum absolute atomic E-state index is 0.320. The van der Waals surface area contributed by atoms with E-state index in [1.165, 1.54) is 17.7 Å². The molecule has 6 nitrogen and oxygen atoms in total. The van der Waals surface area contributed by atoms with E-state index in [0.717, 1.165) is 9.30 Å². The molecule has 0 radical (unpaired) electrons. The Labute approximate surface area is 138 Å². The van der Waals surface area contributed by atoms with Crippen LogP contribution in [-0.4, -0.2) is 27.5 Å². The van der Waals surface area contributed by atoms with Crippen LogP contribution in [0.2, 0.25) is 0 Å². The lowest BCUT2D eigenvalue weighted by Crippen LogP contribution is -2.05. The lowest BCUT2D eigenvalue weighted by molar-refractivity contribution is 0.0529. The zero-order valence-electron chi connectivity index (χ0n) is 11.5. The number of pyridine rings is 1. The molecule has 0 aromatic carbocycles. The molecule has 0 fully saturated rings. The second kappa shape index (κ2) is 6.37. The predicted molar refractivity (Wildman–Crippen MR) is 88.6 cm³/mol. The summed E-state index contributed by atoms with van der Waals surface area (Å²) in [6.45, 7) is 2.09. The van der Waals surface area contributed by atoms with E-state index in [0.29, 0.717) is 29.2 Å². The van der Waals surface area contributed by atoms with Gasteiger partial charge in [0, 0.05) is 16.0 Å². The number of halogens is 1. The van der Waals surface area contributed by atoms with Gasteiger partial charge in [-0.05, 0) is 35.0 Å². The lowest BCUT2D eigenvalue weighted by Gasteiger charge is -2.07. The molecule has 0 aliphatic rings. The van der Waals surface area contributed by atoms with Crippen molar-refractivity contribution in [3.63, 3.8) is 0 Å². The number of hydrogen-bond donors (Lipinski definition) is 1. The molecule has 0 aliphatic carbocycles. The van der Waals surface area contributed by atoms with Crippen molar-refractivity contribution in [3.05, 3.63) is 40.1 Å². The van der Waals surface area contributed by atoms with Crippen LogP contribution in [-0.2, 0) is 4.74 Å². The van der Waals surface area contributed by atoms with Crippen LogP contribution >= 0.6 is 27.3 Å². The van der Waals surface area contributed by atoms with Gasteiger partial charge in [0.05, 0.1) is 17.6 Å². The van der Waals surface area contributed by atoms with Gasteiger partial charge in [0.1, 0.15) is 22.8 Å². The van der Waals surface area contributed by atoms with Crippen molar-refractivity contribution in [1.29, 1.82) is 0 Å². The molecule has 0 spiro atoms. The van der Waals surface area contributed by atoms with E-state index in [1.54, 1.807) is 18.5 Å². The molecule has 0 saturated heterocycles. The third-order valence-corrected chi connectivity index (χ3v) is 4.19. The summed E-state index contributed by atoms with van der Waals surface area (Å²) >= 11 is 4.71. The topological polar surface area (TPSA) is 77.0 Å². The van der Waals surface area contributed by atoms with Gasteiger partial charge in [-0.1, -0.05) is 0 Å². The molecule has 3 aromatic heterocycles. The molecule has 0 bridgehead atoms. The summed E-state index contributed by atoms with van der Waals surface area (Å²) in [7, 11) is 0. The second-order valence-electron chi connectivity index (χ2n) is 4.26. The predicted octanol–water partition coefficient (Wildman–Crippen LogP) is 3.77. The number of fused-ring (bicyclic) bond motifs is 1. The first-order valence-corrected chi connectivity index (χ1v) is 8.14. The molecule has 3 heterocycles. The maximum absolute atomic E-state index is 12.0. The molecule has 112 valence electrons. The number of carbonyl (C=O) groups excluding carboxylic acids is 1. The van der Waals surface area contributed by atoms with E-state index in [9.17, 15) is 4.79 Å². The van der Waals surface area contributed by atoms with Crippen molar-refractivity contribution >= 4 is 55.1 Å². The van der Waals surface area contributed by atoms with Gasteiger partial charge in [0.25, 0.3) is 0 Å². The summed E-state index contributed by atoms with van der Waals surface area (Å²) in [6, 6.07) is 3.68. The fourth-order valence-corrected chi connectivity index (χ4v) is 3.01. The molecule has 8 heteroatoms. The number of ether oxygens (including phenoxy) is 1. The standard InChI is InChI=1S/C14H11BrN4O2S/c1-2-21-14(20)9-6-22-13-11(9)12(17-7-18-13)19-10-4-3-8(15)5-16-10/h3-7H,2H2,1H3,(H,16,17,18,19). The molecule has 0 aliphatic heterocycles. The van der Waals surface area contributed by atoms with Crippen molar-refractivity contribution in [2.45, 2.75) is 6.92 Å². The highest BCUT2D eigenvalue weighted by atomic mass is 79.9. The highest BCUT2D eigenvalue weighted by molar-refractivity contribution is 9.10. The van der Waals surface area contributed by atoms with Gasteiger partial charge in [-0.2, -0.15) is 0 Å². The average Bonchev–Trinajstić information content (AvgIpc) is 2.95. The number of anilines is 2. The number of rotatable bonds is 4. The van der Waals surface area contributed by atoms with E-state index < -0.39 is 0 Å². The smallest absolute Gasteiger partial charge is 0.339 e. The Morgan fingerprint density at radius 2 is 2.23 bits per heavy atom. The van der Waals surface area contributed by atoms with Gasteiger partial charge in [-0.25, -0.2) is 19.7 Å². The summed E-state index contributed by atoms with van der Waals surface area (Å²) in [5.74, 6) is 0.781. The Morgan fingerprint density at radius 1 is 1.36 bits per heavy atom. The molecule has 0 saturated carbocycles. The van der Waals surface area contributed by atoms with Crippen molar-refractivity contribution in [2.75, 3.05) is 11.9 Å². The summed E-state index contributed by atoms with van der Waals surface area (Å²) in [5.41, 5.74) is 0.460. The lowest BCUT2D eigenvalue weighted by atomic mass is 10.2. The normalized spacial score (nSPS) is 10.6. The summed E-state index contributed by atoms with van der Waals surface area (Å²) in [4.78, 5) is 25.4. The third kappa shape index (κ3) is 2.93. The molecule has 3 rings (SSSR count). The van der Waals surface area contributed by atoms with Gasteiger partial charge < -0.3 is 10.1 Å². The van der Waals surface area contributed by atoms with E-state index in [2.05, 4.69) is 36.2 Å². The van der Waals surface area contributed by atoms with Gasteiger partial charge in [0.15, 0.2) is 0 Å². The zero-order valence-corrected chi connectivity index (χ0v) is 13.9. The molecule has 0 unspecified atom stereocenters. The Balaban J connectivity index is 2.03. The highest BCUT2D eigenvalue weighted by Crippen LogP contribution is 2.31. The molecule has 0 amide bonds. The van der Waals surface area contributed by atoms with E-state index in [-0.39, 0.29) is 5.97 Å². The summed E-state index contributed by atoms with van der Waals surface area (Å²) in [6.07, 6.45) is 3.13. The van der Waals surface area contributed by atoms with E-state index >= 15 is 0 Å². The average molecular weight is 379 g/mol. The van der Waals surface area contributed by atoms with Gasteiger partial charge in [-0.3, -0.25) is 0 Å². The number of aromatic nitrogens is 3. The van der Waals surface area contributed by atoms with Gasteiger partial charge in [-0.15, -0.1) is 11.3 Å². The maximum atomic E-state index is 12.0. The van der Waals surface area contributed by atoms with Crippen LogP contribution in [0.4, 0.5) is 11.6 Å². The van der Waals surface area contributed by atoms with Crippen molar-refractivity contribution in [2.24, 2.45) is 0 Å². The molecular weight excluding hydrogens is 368 g/mol. The monoisotopic (exact) mass is 378 g/mol. The number of esters is 1. The van der Waals surface area contributed by atoms with E-state index in [4.69, 9.17) is 4.74 Å². The van der Waals surface area contributed by atoms with Crippen LogP contribution in [0.3, 0.4) is 0 Å². The molecule has 0 atom stereocenters. The number of nitrogens with one attached hydrogen (secondary N) is 1. The maximum Gasteiger partial charge on any atom is 0.339 e. The van der Waals surface area contributed by atoms with Crippen molar-refractivity contribution < 1.29 is 9.53 Å². The second-order valence-corrected chi connectivity index (χ2v) is 6.03. The largest absolute Gasteiger partial charge is 0.462 e. The first-order valence-electron chi connectivity index (χ1n) is 6.47. The Kier molecular flexibility index (Phi) is 4.30. The number of nitrogens with zero attached hydrogens (tertiary/aromatic N) is 3. The van der Waals surface area contributed by atoms with Crippen LogP contribution in [0.1, 0.15) is 17.3 Å². The number of thiophene rings is 1. The number of carbonyl (C=O) groups is 1. The fourth-order valence-electron chi connectivity index (χ4n) is 1.90. The van der Waals surface area contributed by atoms with Crippen LogP contribution in [0.25, 0.3) is 10.2 Å². The SMILES string of the molecule is CCOC(=O)c1csc2ncnc(Nc3ccc(Br)cn3)c12. The fraction of sp³-hybridized carbons (Fsp3) is 0.143. The first-order chi connectivity index (χ1) is 10.7. The first kappa shape index (κ1) is 14.9. The quantitative estimate of drug-likeness (QED) is 0.696. The summed E-state index contributed by atoms with van der Waals surface area (Å²) in [5, 5.41) is 5.50. The van der Waals surface area contributed by atoms with Crippen LogP contribution in [0.15, 0.2) is 34.5 Å². The minimum atomic E-state index is -0.379. The zero-order chi connectivity index (χ0) is 15.5. The van der Waals surface area contributed by atoms with Gasteiger partial charge >= 0.3 is 5.97 Å². The molecular formula is C14H11BrN4O2S. The molecule has 1 N–H and O–H groups in total. The van der Waals surface area contributed by atoms with Crippen molar-refractivity contribution in [3.8, 4) is 0 Å². The van der Waals surface area contributed by atoms with Gasteiger partial charge in [0.2, 0.25) is 0 Å². The third-order valence-electron chi connectivity index (χ3n) is 2.84. The van der Waals surface area contributed by atoms with E-state index in [1.807, 2.05) is 12.1 Å². The summed E-state index contributed by atoms with van der Waals surface area (Å²) < 4.78 is 5.96. The van der Waals surface area contributed by atoms with Crippen LogP contribution in [0.5, 0.6) is 0 Å². The van der Waals surface area contributed by atoms with Crippen LogP contribution < -0.4 is 5.32 Å². The van der Waals surface area contributed by atoms with Crippen molar-refractivity contribution in [1.82, 2.24) is 15.0 Å². The Morgan fingerprint density at radius 3 is 2.95 bits per heavy atom. The molecule has 22 heavy (non-hydrogen) atoms. The Bertz CT molecular complexity index is 819. The minimum Gasteiger partial charge on any atom is -0.462 e. The highest BCUT2D eigenvalue weighted by Gasteiger charge is 2.18. The van der Waals surface area contributed by atoms with Crippen LogP contribution in [0, 0.1) is 0 Å². The number of hydrogen-bond acceptors (Lipinski definition) is 7. The molecule has 3 aromatic rings. The Hall–Kier alpha value is -2.06.